The predicted molar refractivity (Wildman–Crippen MR) is 40.6 cm³/mol. The summed E-state index contributed by atoms with van der Waals surface area (Å²) in [4.78, 5) is 0. The Morgan fingerprint density at radius 2 is 1.46 bits per heavy atom. The van der Waals surface area contributed by atoms with Crippen molar-refractivity contribution in [3.05, 3.63) is 29.8 Å². The van der Waals surface area contributed by atoms with Gasteiger partial charge in [-0.1, -0.05) is 26.2 Å². The summed E-state index contributed by atoms with van der Waals surface area (Å²) in [5.41, 5.74) is 1.48. The Morgan fingerprint density at radius 1 is 1.00 bits per heavy atom. The van der Waals surface area contributed by atoms with Gasteiger partial charge in [-0.25, -0.2) is 12.1 Å². The molecule has 1 aromatic carbocycles. The van der Waals surface area contributed by atoms with Crippen LogP contribution in [0.4, 0.5) is 0 Å². The van der Waals surface area contributed by atoms with Crippen LogP contribution in [0.1, 0.15) is 25.3 Å². The SMILES string of the molecule is CCCC[c-]1cccc1.[F-].[F-].[F-].[Ti+4]. The summed E-state index contributed by atoms with van der Waals surface area (Å²) in [5, 5.41) is 0. The molecule has 1 rings (SSSR count). The summed E-state index contributed by atoms with van der Waals surface area (Å²) in [6.07, 6.45) is 3.87. The van der Waals surface area contributed by atoms with Crippen molar-refractivity contribution in [3.63, 3.8) is 0 Å². The predicted octanol–water partition coefficient (Wildman–Crippen LogP) is -6.24. The Morgan fingerprint density at radius 3 is 1.85 bits per heavy atom. The van der Waals surface area contributed by atoms with Gasteiger partial charge in [0.15, 0.2) is 0 Å². The summed E-state index contributed by atoms with van der Waals surface area (Å²) >= 11 is 0. The number of rotatable bonds is 3. The fraction of sp³-hybridized carbons (Fsp3) is 0.444. The third-order valence-electron chi connectivity index (χ3n) is 1.55. The summed E-state index contributed by atoms with van der Waals surface area (Å²) in [6, 6.07) is 8.58. The van der Waals surface area contributed by atoms with E-state index >= 15 is 0 Å². The smallest absolute Gasteiger partial charge is 1.00 e. The molecular formula is C9H13F3Ti. The molecule has 0 atom stereocenters. The van der Waals surface area contributed by atoms with Gasteiger partial charge in [0.05, 0.1) is 0 Å². The minimum Gasteiger partial charge on any atom is -1.00 e. The van der Waals surface area contributed by atoms with Crippen molar-refractivity contribution in [2.45, 2.75) is 26.2 Å². The fourth-order valence-electron chi connectivity index (χ4n) is 0.961. The Hall–Kier alpha value is -0.146. The van der Waals surface area contributed by atoms with E-state index in [1.54, 1.807) is 0 Å². The molecule has 0 fully saturated rings. The van der Waals surface area contributed by atoms with Crippen molar-refractivity contribution in [1.29, 1.82) is 0 Å². The van der Waals surface area contributed by atoms with Gasteiger partial charge < -0.3 is 14.1 Å². The molecular weight excluding hydrogens is 213 g/mol. The van der Waals surface area contributed by atoms with Gasteiger partial charge in [0, 0.05) is 0 Å². The molecule has 0 nitrogen and oxygen atoms in total. The molecule has 74 valence electrons. The zero-order chi connectivity index (χ0) is 6.53. The van der Waals surface area contributed by atoms with E-state index in [4.69, 9.17) is 0 Å². The van der Waals surface area contributed by atoms with Gasteiger partial charge in [0.2, 0.25) is 0 Å². The van der Waals surface area contributed by atoms with E-state index in [0.717, 1.165) is 0 Å². The summed E-state index contributed by atoms with van der Waals surface area (Å²) < 4.78 is 0. The molecule has 0 radical (unpaired) electrons. The second kappa shape index (κ2) is 14.4. The molecule has 0 aromatic heterocycles. The van der Waals surface area contributed by atoms with E-state index in [1.165, 1.54) is 24.8 Å². The van der Waals surface area contributed by atoms with E-state index in [9.17, 15) is 0 Å². The molecule has 0 aliphatic carbocycles. The monoisotopic (exact) mass is 226 g/mol. The maximum absolute atomic E-state index is 2.23. The number of hydrogen-bond acceptors (Lipinski definition) is 0. The van der Waals surface area contributed by atoms with Crippen molar-refractivity contribution in [3.8, 4) is 0 Å². The van der Waals surface area contributed by atoms with Crippen LogP contribution in [0.15, 0.2) is 24.3 Å². The maximum Gasteiger partial charge on any atom is 4.00 e. The van der Waals surface area contributed by atoms with Crippen molar-refractivity contribution in [2.75, 3.05) is 0 Å². The first-order chi connectivity index (χ1) is 4.43. The molecule has 0 aliphatic rings. The molecule has 0 bridgehead atoms. The molecule has 4 heteroatoms. The molecule has 0 saturated heterocycles. The summed E-state index contributed by atoms with van der Waals surface area (Å²) in [5.74, 6) is 0. The van der Waals surface area contributed by atoms with Crippen LogP contribution in [-0.4, -0.2) is 0 Å². The molecule has 0 amide bonds. The molecule has 0 saturated carbocycles. The standard InChI is InChI=1S/C9H13.3FH.Ti/c1-2-3-6-9-7-4-5-8-9;;;;/h4-5,7-8H,2-3,6H2,1H3;3*1H;/q-1;;;;+4/p-3. The van der Waals surface area contributed by atoms with Crippen LogP contribution in [0.2, 0.25) is 0 Å². The van der Waals surface area contributed by atoms with E-state index in [1.807, 2.05) is 0 Å². The van der Waals surface area contributed by atoms with Crippen LogP contribution in [0.25, 0.3) is 0 Å². The normalized spacial score (nSPS) is 6.85. The van der Waals surface area contributed by atoms with Crippen LogP contribution >= 0.6 is 0 Å². The Kier molecular flexibility index (Phi) is 25.5. The molecule has 1 aromatic rings. The topological polar surface area (TPSA) is 0 Å². The van der Waals surface area contributed by atoms with Gasteiger partial charge in [-0.15, -0.1) is 0 Å². The molecule has 0 aliphatic heterocycles. The zero-order valence-electron chi connectivity index (χ0n) is 7.56. The van der Waals surface area contributed by atoms with E-state index in [-0.39, 0.29) is 35.8 Å². The molecule has 0 N–H and O–H groups in total. The third-order valence-corrected chi connectivity index (χ3v) is 1.55. The van der Waals surface area contributed by atoms with Gasteiger partial charge in [-0.2, -0.15) is 17.7 Å². The third kappa shape index (κ3) is 9.77. The van der Waals surface area contributed by atoms with Gasteiger partial charge in [-0.05, 0) is 0 Å². The first-order valence-electron chi connectivity index (χ1n) is 3.64. The van der Waals surface area contributed by atoms with Crippen molar-refractivity contribution in [2.24, 2.45) is 0 Å². The quantitative estimate of drug-likeness (QED) is 0.355. The van der Waals surface area contributed by atoms with Gasteiger partial charge >= 0.3 is 21.7 Å². The largest absolute Gasteiger partial charge is 4.00 e. The second-order valence-corrected chi connectivity index (χ2v) is 2.40. The Balaban J connectivity index is -0.000000101. The van der Waals surface area contributed by atoms with Crippen LogP contribution < -0.4 is 14.1 Å². The average molecular weight is 226 g/mol. The molecule has 0 spiro atoms. The number of aryl methyl sites for hydroxylation is 1. The van der Waals surface area contributed by atoms with E-state index < -0.39 is 0 Å². The summed E-state index contributed by atoms with van der Waals surface area (Å²) in [7, 11) is 0. The summed E-state index contributed by atoms with van der Waals surface area (Å²) in [6.45, 7) is 2.23. The average Bonchev–Trinajstić information content (AvgIpc) is 2.34. The van der Waals surface area contributed by atoms with E-state index in [2.05, 4.69) is 31.2 Å². The van der Waals surface area contributed by atoms with Crippen molar-refractivity contribution in [1.82, 2.24) is 0 Å². The fourth-order valence-corrected chi connectivity index (χ4v) is 0.961. The van der Waals surface area contributed by atoms with Crippen LogP contribution in [-0.2, 0) is 28.1 Å². The van der Waals surface area contributed by atoms with Gasteiger partial charge in [0.1, 0.15) is 0 Å². The van der Waals surface area contributed by atoms with Gasteiger partial charge in [-0.3, -0.25) is 0 Å². The zero-order valence-corrected chi connectivity index (χ0v) is 9.13. The number of halogens is 3. The van der Waals surface area contributed by atoms with E-state index in [0.29, 0.717) is 0 Å². The van der Waals surface area contributed by atoms with Crippen molar-refractivity contribution < 1.29 is 35.8 Å². The maximum atomic E-state index is 2.23. The Labute approximate surface area is 92.1 Å². The minimum atomic E-state index is 0. The molecule has 0 heterocycles. The molecule has 0 unspecified atom stereocenters. The van der Waals surface area contributed by atoms with Crippen LogP contribution in [0.3, 0.4) is 0 Å². The first kappa shape index (κ1) is 23.0. The van der Waals surface area contributed by atoms with Gasteiger partial charge in [0.25, 0.3) is 0 Å². The van der Waals surface area contributed by atoms with Crippen LogP contribution in [0, 0.1) is 0 Å². The number of unbranched alkanes of at least 4 members (excludes halogenated alkanes) is 1. The molecule has 13 heavy (non-hydrogen) atoms. The van der Waals surface area contributed by atoms with Crippen molar-refractivity contribution >= 4 is 0 Å². The number of hydrogen-bond donors (Lipinski definition) is 0. The first-order valence-corrected chi connectivity index (χ1v) is 3.64. The second-order valence-electron chi connectivity index (χ2n) is 2.40. The Bertz CT molecular complexity index is 152. The minimum absolute atomic E-state index is 0. The van der Waals surface area contributed by atoms with Crippen LogP contribution in [0.5, 0.6) is 0 Å².